The molecule has 0 N–H and O–H groups in total. The molecular weight excluding hydrogens is 459 g/mol. The van der Waals surface area contributed by atoms with Crippen LogP contribution in [0, 0.1) is 34.1 Å². The van der Waals surface area contributed by atoms with Gasteiger partial charge in [-0.3, -0.25) is 4.79 Å². The fourth-order valence-corrected chi connectivity index (χ4v) is 4.48. The van der Waals surface area contributed by atoms with Crippen molar-refractivity contribution < 1.29 is 36.6 Å². The molecule has 0 spiro atoms. The number of carbonyl (C=O) groups excluding carboxylic acids is 1. The van der Waals surface area contributed by atoms with E-state index < -0.39 is 56.7 Å². The molecule has 1 aromatic rings. The molecule has 0 aromatic heterocycles. The van der Waals surface area contributed by atoms with Crippen molar-refractivity contribution in [2.45, 2.75) is 85.9 Å². The maximum atomic E-state index is 14.1. The molecular formula is C24H37F4O4P. The molecule has 0 aliphatic carbocycles. The number of methoxy groups -OCH3 is 1. The SMILES string of the molecule is COC(C)(C)CCOC(C)(C)CC(C)(C)CC(C)(C)C(=O)Oc1c(F)c(F)c(F)c(F)c1P. The third kappa shape index (κ3) is 8.18. The van der Waals surface area contributed by atoms with Gasteiger partial charge in [0.1, 0.15) is 0 Å². The molecule has 33 heavy (non-hydrogen) atoms. The molecule has 0 radical (unpaired) electrons. The van der Waals surface area contributed by atoms with Gasteiger partial charge in [0.2, 0.25) is 11.6 Å². The number of hydrogen-bond donors (Lipinski definition) is 0. The quantitative estimate of drug-likeness (QED) is 0.0929. The molecule has 1 rings (SSSR count). The number of carbonyl (C=O) groups is 1. The second-order valence-electron chi connectivity index (χ2n) is 11.1. The lowest BCUT2D eigenvalue weighted by atomic mass is 9.70. The van der Waals surface area contributed by atoms with Crippen molar-refractivity contribution in [3.63, 3.8) is 0 Å². The zero-order valence-electron chi connectivity index (χ0n) is 21.1. The van der Waals surface area contributed by atoms with Gasteiger partial charge in [-0.1, -0.05) is 23.1 Å². The Labute approximate surface area is 196 Å². The molecule has 0 aliphatic rings. The Morgan fingerprint density at radius 1 is 0.818 bits per heavy atom. The molecule has 0 saturated carbocycles. The molecule has 4 nitrogen and oxygen atoms in total. The van der Waals surface area contributed by atoms with Gasteiger partial charge in [0.15, 0.2) is 17.4 Å². The summed E-state index contributed by atoms with van der Waals surface area (Å²) in [7, 11) is 3.38. The van der Waals surface area contributed by atoms with E-state index in [4.69, 9.17) is 14.2 Å². The second-order valence-corrected chi connectivity index (χ2v) is 11.7. The smallest absolute Gasteiger partial charge is 0.317 e. The van der Waals surface area contributed by atoms with Crippen LogP contribution in [0.1, 0.15) is 74.7 Å². The minimum Gasteiger partial charge on any atom is -0.422 e. The third-order valence-corrected chi connectivity index (χ3v) is 6.10. The van der Waals surface area contributed by atoms with E-state index >= 15 is 0 Å². The molecule has 0 bridgehead atoms. The van der Waals surface area contributed by atoms with E-state index in [1.165, 1.54) is 0 Å². The summed E-state index contributed by atoms with van der Waals surface area (Å²) >= 11 is 0. The number of halogens is 4. The monoisotopic (exact) mass is 496 g/mol. The van der Waals surface area contributed by atoms with Crippen LogP contribution in [0.5, 0.6) is 5.75 Å². The van der Waals surface area contributed by atoms with E-state index in [9.17, 15) is 22.4 Å². The van der Waals surface area contributed by atoms with Crippen molar-refractivity contribution >= 4 is 20.5 Å². The van der Waals surface area contributed by atoms with Crippen LogP contribution in [0.15, 0.2) is 0 Å². The van der Waals surface area contributed by atoms with Crippen molar-refractivity contribution in [2.24, 2.45) is 10.8 Å². The van der Waals surface area contributed by atoms with Crippen LogP contribution in [0.2, 0.25) is 0 Å². The first-order chi connectivity index (χ1) is 14.8. The molecule has 190 valence electrons. The second kappa shape index (κ2) is 10.6. The van der Waals surface area contributed by atoms with Crippen LogP contribution in [-0.2, 0) is 14.3 Å². The standard InChI is InChI=1S/C24H37F4O4P/c1-21(2,13-24(7,8)31-11-10-23(5,6)30-9)12-22(3,4)20(29)32-18-16(27)14(25)15(26)17(28)19(18)33/h10-13,33H2,1-9H3. The fourth-order valence-electron chi connectivity index (χ4n) is 4.17. The minimum absolute atomic E-state index is 0.303. The Morgan fingerprint density at radius 2 is 1.33 bits per heavy atom. The van der Waals surface area contributed by atoms with Crippen LogP contribution < -0.4 is 10.0 Å². The van der Waals surface area contributed by atoms with E-state index in [2.05, 4.69) is 0 Å². The molecule has 0 saturated heterocycles. The number of ether oxygens (including phenoxy) is 3. The molecule has 1 atom stereocenters. The highest BCUT2D eigenvalue weighted by Crippen LogP contribution is 2.41. The summed E-state index contributed by atoms with van der Waals surface area (Å²) in [5.41, 5.74) is -2.36. The van der Waals surface area contributed by atoms with Gasteiger partial charge in [-0.05, 0) is 66.2 Å². The topological polar surface area (TPSA) is 44.8 Å². The summed E-state index contributed by atoms with van der Waals surface area (Å²) in [6.45, 7) is 15.5. The van der Waals surface area contributed by atoms with E-state index in [-0.39, 0.29) is 5.60 Å². The zero-order chi connectivity index (χ0) is 26.0. The first kappa shape index (κ1) is 29.8. The van der Waals surface area contributed by atoms with E-state index in [0.717, 1.165) is 0 Å². The summed E-state index contributed by atoms with van der Waals surface area (Å²) in [5.74, 6) is -9.24. The van der Waals surface area contributed by atoms with Gasteiger partial charge in [0.25, 0.3) is 0 Å². The van der Waals surface area contributed by atoms with Gasteiger partial charge >= 0.3 is 5.97 Å². The number of hydrogen-bond acceptors (Lipinski definition) is 4. The van der Waals surface area contributed by atoms with Crippen molar-refractivity contribution in [3.8, 4) is 5.75 Å². The highest BCUT2D eigenvalue weighted by Gasteiger charge is 2.40. The van der Waals surface area contributed by atoms with Crippen LogP contribution in [0.4, 0.5) is 17.6 Å². The Balaban J connectivity index is 2.92. The zero-order valence-corrected chi connectivity index (χ0v) is 22.2. The van der Waals surface area contributed by atoms with Gasteiger partial charge in [0, 0.05) is 7.11 Å². The van der Waals surface area contributed by atoms with Crippen molar-refractivity contribution in [3.05, 3.63) is 23.3 Å². The van der Waals surface area contributed by atoms with Crippen LogP contribution >= 0.6 is 9.24 Å². The van der Waals surface area contributed by atoms with Crippen LogP contribution in [-0.4, -0.2) is 30.9 Å². The maximum absolute atomic E-state index is 14.1. The van der Waals surface area contributed by atoms with Crippen molar-refractivity contribution in [1.82, 2.24) is 0 Å². The molecule has 0 fully saturated rings. The van der Waals surface area contributed by atoms with Gasteiger partial charge in [-0.2, -0.15) is 4.39 Å². The normalized spacial score (nSPS) is 13.4. The molecule has 0 amide bonds. The highest BCUT2D eigenvalue weighted by atomic mass is 31.0. The molecule has 1 aromatic carbocycles. The summed E-state index contributed by atoms with van der Waals surface area (Å²) < 4.78 is 71.5. The maximum Gasteiger partial charge on any atom is 0.317 e. The van der Waals surface area contributed by atoms with Gasteiger partial charge in [-0.15, -0.1) is 0 Å². The minimum atomic E-state index is -2.03. The largest absolute Gasteiger partial charge is 0.422 e. The predicted octanol–water partition coefficient (Wildman–Crippen LogP) is 6.09. The number of benzene rings is 1. The lowest BCUT2D eigenvalue weighted by Crippen LogP contribution is -2.39. The number of rotatable bonds is 11. The Kier molecular flexibility index (Phi) is 9.55. The Morgan fingerprint density at radius 3 is 1.85 bits per heavy atom. The van der Waals surface area contributed by atoms with Gasteiger partial charge < -0.3 is 14.2 Å². The highest BCUT2D eigenvalue weighted by molar-refractivity contribution is 7.27. The molecule has 0 aliphatic heterocycles. The fraction of sp³-hybridized carbons (Fsp3) is 0.708. The van der Waals surface area contributed by atoms with Crippen LogP contribution in [0.3, 0.4) is 0 Å². The van der Waals surface area contributed by atoms with Crippen LogP contribution in [0.25, 0.3) is 0 Å². The summed E-state index contributed by atoms with van der Waals surface area (Å²) in [4.78, 5) is 12.8. The van der Waals surface area contributed by atoms with Crippen molar-refractivity contribution in [1.29, 1.82) is 0 Å². The Hall–Kier alpha value is -1.24. The third-order valence-electron chi connectivity index (χ3n) is 5.58. The van der Waals surface area contributed by atoms with Crippen molar-refractivity contribution in [2.75, 3.05) is 13.7 Å². The van der Waals surface area contributed by atoms with E-state index in [1.807, 2.05) is 41.5 Å². The van der Waals surface area contributed by atoms with Gasteiger partial charge in [0.05, 0.1) is 28.5 Å². The summed E-state index contributed by atoms with van der Waals surface area (Å²) in [6, 6.07) is 0. The first-order valence-corrected chi connectivity index (χ1v) is 11.4. The van der Waals surface area contributed by atoms with Gasteiger partial charge in [-0.25, -0.2) is 13.2 Å². The molecule has 1 unspecified atom stereocenters. The lowest BCUT2D eigenvalue weighted by Gasteiger charge is -2.39. The summed E-state index contributed by atoms with van der Waals surface area (Å²) in [5, 5.41) is -0.691. The Bertz CT molecular complexity index is 838. The lowest BCUT2D eigenvalue weighted by molar-refractivity contribution is -0.147. The molecule has 0 heterocycles. The number of esters is 1. The van der Waals surface area contributed by atoms with E-state index in [0.29, 0.717) is 25.9 Å². The predicted molar refractivity (Wildman–Crippen MR) is 124 cm³/mol. The first-order valence-electron chi connectivity index (χ1n) is 10.8. The average Bonchev–Trinajstić information content (AvgIpc) is 2.65. The average molecular weight is 497 g/mol. The summed E-state index contributed by atoms with van der Waals surface area (Å²) in [6.07, 6.45) is 1.61. The molecule has 9 heteroatoms. The van der Waals surface area contributed by atoms with E-state index in [1.54, 1.807) is 30.2 Å².